The maximum Gasteiger partial charge on any atom is 0.0992 e. The molecule has 2 rings (SSSR count). The van der Waals surface area contributed by atoms with Crippen molar-refractivity contribution in [2.45, 2.75) is 22.8 Å². The number of aliphatic hydroxyl groups excluding tert-OH is 1. The standard InChI is InChI=1S/C15H12ClNOS/c1-10(18)12-7-6-11(9-17)8-15(12)19-14-5-3-2-4-13(14)16/h2-8,10,18H,1H3. The second-order valence-electron chi connectivity index (χ2n) is 4.07. The molecule has 1 atom stereocenters. The lowest BCUT2D eigenvalue weighted by molar-refractivity contribution is 0.196. The average molecular weight is 290 g/mol. The molecule has 0 aromatic heterocycles. The van der Waals surface area contributed by atoms with Crippen LogP contribution >= 0.6 is 23.4 Å². The Labute approximate surface area is 121 Å². The van der Waals surface area contributed by atoms with Gasteiger partial charge in [0.1, 0.15) is 0 Å². The molecular formula is C15H12ClNOS. The van der Waals surface area contributed by atoms with Crippen molar-refractivity contribution in [1.82, 2.24) is 0 Å². The van der Waals surface area contributed by atoms with Gasteiger partial charge in [-0.2, -0.15) is 5.26 Å². The second-order valence-corrected chi connectivity index (χ2v) is 5.56. The minimum Gasteiger partial charge on any atom is -0.389 e. The van der Waals surface area contributed by atoms with Gasteiger partial charge in [0.25, 0.3) is 0 Å². The zero-order chi connectivity index (χ0) is 13.8. The predicted octanol–water partition coefficient (Wildman–Crippen LogP) is 4.42. The highest BCUT2D eigenvalue weighted by molar-refractivity contribution is 7.99. The van der Waals surface area contributed by atoms with Crippen LogP contribution in [0.3, 0.4) is 0 Å². The third kappa shape index (κ3) is 3.30. The molecule has 2 aromatic rings. The summed E-state index contributed by atoms with van der Waals surface area (Å²) in [5, 5.41) is 19.4. The van der Waals surface area contributed by atoms with Crippen LogP contribution in [-0.2, 0) is 0 Å². The molecule has 0 amide bonds. The van der Waals surface area contributed by atoms with Crippen LogP contribution in [-0.4, -0.2) is 5.11 Å². The summed E-state index contributed by atoms with van der Waals surface area (Å²) in [6, 6.07) is 14.9. The summed E-state index contributed by atoms with van der Waals surface area (Å²) < 4.78 is 0. The second kappa shape index (κ2) is 6.12. The Morgan fingerprint density at radius 3 is 2.58 bits per heavy atom. The van der Waals surface area contributed by atoms with Gasteiger partial charge in [-0.05, 0) is 36.8 Å². The van der Waals surface area contributed by atoms with Crippen molar-refractivity contribution in [3.8, 4) is 6.07 Å². The molecule has 1 unspecified atom stereocenters. The smallest absolute Gasteiger partial charge is 0.0992 e. The fourth-order valence-corrected chi connectivity index (χ4v) is 3.03. The van der Waals surface area contributed by atoms with E-state index in [4.69, 9.17) is 16.9 Å². The predicted molar refractivity (Wildman–Crippen MR) is 77.4 cm³/mol. The van der Waals surface area contributed by atoms with E-state index < -0.39 is 6.10 Å². The van der Waals surface area contributed by atoms with Crippen molar-refractivity contribution >= 4 is 23.4 Å². The van der Waals surface area contributed by atoms with Gasteiger partial charge in [0.05, 0.1) is 22.8 Å². The van der Waals surface area contributed by atoms with Crippen molar-refractivity contribution in [3.63, 3.8) is 0 Å². The zero-order valence-corrected chi connectivity index (χ0v) is 11.9. The average Bonchev–Trinajstić information content (AvgIpc) is 2.41. The molecule has 0 saturated carbocycles. The maximum absolute atomic E-state index is 9.79. The molecule has 1 N–H and O–H groups in total. The van der Waals surface area contributed by atoms with E-state index in [-0.39, 0.29) is 0 Å². The Morgan fingerprint density at radius 1 is 1.21 bits per heavy atom. The van der Waals surface area contributed by atoms with Gasteiger partial charge in [-0.25, -0.2) is 0 Å². The van der Waals surface area contributed by atoms with Crippen LogP contribution < -0.4 is 0 Å². The fourth-order valence-electron chi connectivity index (χ4n) is 1.68. The number of hydrogen-bond donors (Lipinski definition) is 1. The Hall–Kier alpha value is -1.47. The number of aliphatic hydroxyl groups is 1. The van der Waals surface area contributed by atoms with E-state index >= 15 is 0 Å². The van der Waals surface area contributed by atoms with E-state index in [1.54, 1.807) is 25.1 Å². The van der Waals surface area contributed by atoms with Gasteiger partial charge in [0.2, 0.25) is 0 Å². The minimum atomic E-state index is -0.585. The van der Waals surface area contributed by atoms with Crippen molar-refractivity contribution in [2.75, 3.05) is 0 Å². The normalized spacial score (nSPS) is 11.9. The number of hydrogen-bond acceptors (Lipinski definition) is 3. The Bertz CT molecular complexity index is 634. The van der Waals surface area contributed by atoms with Crippen LogP contribution in [0.25, 0.3) is 0 Å². The molecule has 0 aliphatic carbocycles. The summed E-state index contributed by atoms with van der Waals surface area (Å²) >= 11 is 7.59. The fraction of sp³-hybridized carbons (Fsp3) is 0.133. The quantitative estimate of drug-likeness (QED) is 0.910. The molecule has 4 heteroatoms. The number of benzene rings is 2. The highest BCUT2D eigenvalue weighted by atomic mass is 35.5. The van der Waals surface area contributed by atoms with E-state index in [0.29, 0.717) is 10.6 Å². The first-order valence-corrected chi connectivity index (χ1v) is 6.95. The maximum atomic E-state index is 9.79. The molecule has 0 saturated heterocycles. The SMILES string of the molecule is CC(O)c1ccc(C#N)cc1Sc1ccccc1Cl. The molecule has 2 aromatic carbocycles. The zero-order valence-electron chi connectivity index (χ0n) is 10.3. The van der Waals surface area contributed by atoms with Crippen LogP contribution in [0.15, 0.2) is 52.3 Å². The van der Waals surface area contributed by atoms with Gasteiger partial charge in [0, 0.05) is 9.79 Å². The molecule has 19 heavy (non-hydrogen) atoms. The molecule has 0 aliphatic heterocycles. The van der Waals surface area contributed by atoms with Gasteiger partial charge in [-0.1, -0.05) is 41.6 Å². The van der Waals surface area contributed by atoms with Gasteiger partial charge >= 0.3 is 0 Å². The van der Waals surface area contributed by atoms with E-state index in [9.17, 15) is 5.11 Å². The monoisotopic (exact) mass is 289 g/mol. The summed E-state index contributed by atoms with van der Waals surface area (Å²) in [5.74, 6) is 0. The number of nitrogens with zero attached hydrogens (tertiary/aromatic N) is 1. The Kier molecular flexibility index (Phi) is 4.49. The van der Waals surface area contributed by atoms with E-state index in [0.717, 1.165) is 15.4 Å². The highest BCUT2D eigenvalue weighted by Crippen LogP contribution is 2.37. The van der Waals surface area contributed by atoms with Crippen molar-refractivity contribution in [1.29, 1.82) is 5.26 Å². The number of nitriles is 1. The summed E-state index contributed by atoms with van der Waals surface area (Å²) in [6.45, 7) is 1.71. The third-order valence-corrected chi connectivity index (χ3v) is 4.24. The third-order valence-electron chi connectivity index (χ3n) is 2.65. The van der Waals surface area contributed by atoms with Gasteiger partial charge < -0.3 is 5.11 Å². The molecule has 0 aliphatic rings. The molecule has 0 fully saturated rings. The van der Waals surface area contributed by atoms with Crippen LogP contribution in [0.2, 0.25) is 5.02 Å². The van der Waals surface area contributed by atoms with Crippen molar-refractivity contribution in [3.05, 3.63) is 58.6 Å². The topological polar surface area (TPSA) is 44.0 Å². The highest BCUT2D eigenvalue weighted by Gasteiger charge is 2.11. The van der Waals surface area contributed by atoms with E-state index in [2.05, 4.69) is 6.07 Å². The minimum absolute atomic E-state index is 0.568. The van der Waals surface area contributed by atoms with Gasteiger partial charge in [-0.3, -0.25) is 0 Å². The van der Waals surface area contributed by atoms with Gasteiger partial charge in [-0.15, -0.1) is 0 Å². The molecule has 0 bridgehead atoms. The van der Waals surface area contributed by atoms with E-state index in [1.165, 1.54) is 11.8 Å². The summed E-state index contributed by atoms with van der Waals surface area (Å²) in [5.41, 5.74) is 1.36. The molecular weight excluding hydrogens is 278 g/mol. The van der Waals surface area contributed by atoms with Crippen LogP contribution in [0.1, 0.15) is 24.2 Å². The first kappa shape index (κ1) is 14.0. The van der Waals surface area contributed by atoms with E-state index in [1.807, 2.05) is 24.3 Å². The summed E-state index contributed by atoms with van der Waals surface area (Å²) in [6.07, 6.45) is -0.585. The lowest BCUT2D eigenvalue weighted by atomic mass is 10.1. The molecule has 0 radical (unpaired) electrons. The molecule has 96 valence electrons. The molecule has 0 heterocycles. The number of halogens is 1. The van der Waals surface area contributed by atoms with Crippen molar-refractivity contribution < 1.29 is 5.11 Å². The summed E-state index contributed by atoms with van der Waals surface area (Å²) in [4.78, 5) is 1.75. The number of rotatable bonds is 3. The largest absolute Gasteiger partial charge is 0.389 e. The summed E-state index contributed by atoms with van der Waals surface area (Å²) in [7, 11) is 0. The molecule has 0 spiro atoms. The van der Waals surface area contributed by atoms with Crippen molar-refractivity contribution in [2.24, 2.45) is 0 Å². The first-order valence-electron chi connectivity index (χ1n) is 5.76. The lowest BCUT2D eigenvalue weighted by Gasteiger charge is -2.12. The first-order chi connectivity index (χ1) is 9.11. The van der Waals surface area contributed by atoms with Crippen LogP contribution in [0.5, 0.6) is 0 Å². The molecule has 2 nitrogen and oxygen atoms in total. The van der Waals surface area contributed by atoms with Crippen LogP contribution in [0.4, 0.5) is 0 Å². The Balaban J connectivity index is 2.44. The van der Waals surface area contributed by atoms with Crippen LogP contribution in [0, 0.1) is 11.3 Å². The Morgan fingerprint density at radius 2 is 1.95 bits per heavy atom. The lowest BCUT2D eigenvalue weighted by Crippen LogP contribution is -1.94. The van der Waals surface area contributed by atoms with Gasteiger partial charge in [0.15, 0.2) is 0 Å².